The Morgan fingerprint density at radius 2 is 2.00 bits per heavy atom. The predicted molar refractivity (Wildman–Crippen MR) is 65.8 cm³/mol. The van der Waals surface area contributed by atoms with Gasteiger partial charge in [0, 0.05) is 0 Å². The number of hydrogen-bond donors (Lipinski definition) is 2. The largest absolute Gasteiger partial charge is 0.444 e. The van der Waals surface area contributed by atoms with Crippen LogP contribution < -0.4 is 5.73 Å². The van der Waals surface area contributed by atoms with Crippen molar-refractivity contribution >= 4 is 12.0 Å². The molecule has 2 atom stereocenters. The molecule has 1 fully saturated rings. The van der Waals surface area contributed by atoms with Gasteiger partial charge in [0.15, 0.2) is 0 Å². The molecule has 1 heterocycles. The van der Waals surface area contributed by atoms with Crippen LogP contribution >= 0.6 is 0 Å². The lowest BCUT2D eigenvalue weighted by Crippen LogP contribution is -2.58. The van der Waals surface area contributed by atoms with Crippen molar-refractivity contribution in [3.05, 3.63) is 0 Å². The van der Waals surface area contributed by atoms with E-state index in [1.807, 2.05) is 0 Å². The molecule has 0 radical (unpaired) electrons. The summed E-state index contributed by atoms with van der Waals surface area (Å²) in [6.45, 7) is 6.90. The Bertz CT molecular complexity index is 346. The molecule has 0 bridgehead atoms. The molecular weight excluding hydrogens is 236 g/mol. The van der Waals surface area contributed by atoms with E-state index in [1.165, 1.54) is 4.90 Å². The maximum atomic E-state index is 12.0. The Balaban J connectivity index is 2.85. The highest BCUT2D eigenvalue weighted by atomic mass is 16.6. The van der Waals surface area contributed by atoms with E-state index in [9.17, 15) is 14.7 Å². The van der Waals surface area contributed by atoms with Crippen molar-refractivity contribution in [1.29, 1.82) is 0 Å². The lowest BCUT2D eigenvalue weighted by molar-refractivity contribution is -0.128. The van der Waals surface area contributed by atoms with Crippen LogP contribution in [-0.4, -0.2) is 45.8 Å². The Morgan fingerprint density at radius 1 is 1.44 bits per heavy atom. The van der Waals surface area contributed by atoms with Gasteiger partial charge in [-0.05, 0) is 40.5 Å². The van der Waals surface area contributed by atoms with Gasteiger partial charge < -0.3 is 15.6 Å². The zero-order valence-corrected chi connectivity index (χ0v) is 11.4. The number of aliphatic hydroxyl groups is 1. The molecule has 18 heavy (non-hydrogen) atoms. The zero-order valence-electron chi connectivity index (χ0n) is 11.4. The highest BCUT2D eigenvalue weighted by molar-refractivity contribution is 5.84. The first kappa shape index (κ1) is 14.8. The third kappa shape index (κ3) is 3.87. The number of carbonyl (C=O) groups is 2. The van der Waals surface area contributed by atoms with E-state index in [1.54, 1.807) is 27.7 Å². The SMILES string of the molecule is CC(C)(C)OC(=O)N1C[C@](C)(O)CC[C@@H]1C(N)=O. The number of nitrogens with zero attached hydrogens (tertiary/aromatic N) is 1. The predicted octanol–water partition coefficient (Wildman–Crippen LogP) is 0.622. The van der Waals surface area contributed by atoms with Crippen molar-refractivity contribution in [2.75, 3.05) is 6.54 Å². The first-order valence-corrected chi connectivity index (χ1v) is 6.03. The molecule has 6 heteroatoms. The highest BCUT2D eigenvalue weighted by Gasteiger charge is 2.41. The summed E-state index contributed by atoms with van der Waals surface area (Å²) in [5.41, 5.74) is 3.62. The molecule has 2 amide bonds. The molecule has 1 rings (SSSR count). The van der Waals surface area contributed by atoms with Gasteiger partial charge in [-0.1, -0.05) is 0 Å². The van der Waals surface area contributed by atoms with E-state index >= 15 is 0 Å². The molecule has 0 aromatic carbocycles. The number of nitrogens with two attached hydrogens (primary N) is 1. The summed E-state index contributed by atoms with van der Waals surface area (Å²) in [5, 5.41) is 9.99. The number of rotatable bonds is 1. The van der Waals surface area contributed by atoms with E-state index in [-0.39, 0.29) is 6.54 Å². The Hall–Kier alpha value is -1.30. The average Bonchev–Trinajstić information content (AvgIpc) is 2.12. The van der Waals surface area contributed by atoms with E-state index in [0.717, 1.165) is 0 Å². The van der Waals surface area contributed by atoms with E-state index < -0.39 is 29.2 Å². The number of β-amino-alcohol motifs (C(OH)–C–C–N with tert-alkyl or cyclic N) is 1. The third-order valence-electron chi connectivity index (χ3n) is 2.80. The minimum atomic E-state index is -1.01. The minimum Gasteiger partial charge on any atom is -0.444 e. The Kier molecular flexibility index (Phi) is 3.90. The first-order chi connectivity index (χ1) is 8.02. The number of likely N-dealkylation sites (tertiary alicyclic amines) is 1. The van der Waals surface area contributed by atoms with Crippen LogP contribution in [0.2, 0.25) is 0 Å². The highest BCUT2D eigenvalue weighted by Crippen LogP contribution is 2.26. The van der Waals surface area contributed by atoms with Crippen molar-refractivity contribution in [3.63, 3.8) is 0 Å². The summed E-state index contributed by atoms with van der Waals surface area (Å²) in [6.07, 6.45) is 0.160. The Morgan fingerprint density at radius 3 is 2.44 bits per heavy atom. The average molecular weight is 258 g/mol. The molecule has 1 saturated heterocycles. The second-order valence-electron chi connectivity index (χ2n) is 6.06. The van der Waals surface area contributed by atoms with Gasteiger partial charge in [-0.25, -0.2) is 4.79 Å². The molecule has 0 aliphatic carbocycles. The molecule has 0 unspecified atom stereocenters. The van der Waals surface area contributed by atoms with Crippen LogP contribution in [0.5, 0.6) is 0 Å². The summed E-state index contributed by atoms with van der Waals surface area (Å²) >= 11 is 0. The normalized spacial score (nSPS) is 28.9. The fraction of sp³-hybridized carbons (Fsp3) is 0.833. The summed E-state index contributed by atoms with van der Waals surface area (Å²) in [5.74, 6) is -0.573. The van der Waals surface area contributed by atoms with Gasteiger partial charge in [-0.2, -0.15) is 0 Å². The monoisotopic (exact) mass is 258 g/mol. The van der Waals surface area contributed by atoms with Crippen molar-refractivity contribution in [2.45, 2.75) is 57.8 Å². The summed E-state index contributed by atoms with van der Waals surface area (Å²) < 4.78 is 5.22. The first-order valence-electron chi connectivity index (χ1n) is 6.03. The van der Waals surface area contributed by atoms with Crippen LogP contribution in [0, 0.1) is 0 Å². The fourth-order valence-corrected chi connectivity index (χ4v) is 1.97. The summed E-state index contributed by atoms with van der Waals surface area (Å²) in [7, 11) is 0. The van der Waals surface area contributed by atoms with Crippen molar-refractivity contribution in [1.82, 2.24) is 4.90 Å². The van der Waals surface area contributed by atoms with Gasteiger partial charge in [-0.15, -0.1) is 0 Å². The van der Waals surface area contributed by atoms with Gasteiger partial charge in [0.1, 0.15) is 11.6 Å². The quantitative estimate of drug-likeness (QED) is 0.721. The fourth-order valence-electron chi connectivity index (χ4n) is 1.97. The van der Waals surface area contributed by atoms with Gasteiger partial charge in [0.05, 0.1) is 12.1 Å². The minimum absolute atomic E-state index is 0.0511. The molecule has 0 saturated carbocycles. The van der Waals surface area contributed by atoms with Gasteiger partial charge in [0.2, 0.25) is 5.91 Å². The number of piperidine rings is 1. The van der Waals surface area contributed by atoms with Gasteiger partial charge >= 0.3 is 6.09 Å². The summed E-state index contributed by atoms with van der Waals surface area (Å²) in [6, 6.07) is -0.708. The number of carbonyl (C=O) groups excluding carboxylic acids is 2. The lowest BCUT2D eigenvalue weighted by Gasteiger charge is -2.41. The molecular formula is C12H22N2O4. The number of hydrogen-bond acceptors (Lipinski definition) is 4. The number of amides is 2. The van der Waals surface area contributed by atoms with E-state index in [2.05, 4.69) is 0 Å². The van der Waals surface area contributed by atoms with Gasteiger partial charge in [0.25, 0.3) is 0 Å². The van der Waals surface area contributed by atoms with Crippen molar-refractivity contribution in [3.8, 4) is 0 Å². The molecule has 0 aromatic rings. The number of ether oxygens (including phenoxy) is 1. The third-order valence-corrected chi connectivity index (χ3v) is 2.80. The zero-order chi connectivity index (χ0) is 14.1. The second kappa shape index (κ2) is 4.76. The van der Waals surface area contributed by atoms with Crippen LogP contribution in [0.15, 0.2) is 0 Å². The van der Waals surface area contributed by atoms with Crippen molar-refractivity contribution < 1.29 is 19.4 Å². The summed E-state index contributed by atoms with van der Waals surface area (Å²) in [4.78, 5) is 24.6. The molecule has 1 aliphatic heterocycles. The van der Waals surface area contributed by atoms with Crippen LogP contribution in [0.4, 0.5) is 4.79 Å². The molecule has 3 N–H and O–H groups in total. The van der Waals surface area contributed by atoms with Crippen LogP contribution in [0.25, 0.3) is 0 Å². The van der Waals surface area contributed by atoms with Crippen LogP contribution in [-0.2, 0) is 9.53 Å². The van der Waals surface area contributed by atoms with Crippen LogP contribution in [0.1, 0.15) is 40.5 Å². The van der Waals surface area contributed by atoms with Crippen molar-refractivity contribution in [2.24, 2.45) is 5.73 Å². The lowest BCUT2D eigenvalue weighted by atomic mass is 9.90. The van der Waals surface area contributed by atoms with Gasteiger partial charge in [-0.3, -0.25) is 9.69 Å². The van der Waals surface area contributed by atoms with E-state index in [0.29, 0.717) is 12.8 Å². The van der Waals surface area contributed by atoms with E-state index in [4.69, 9.17) is 10.5 Å². The topological polar surface area (TPSA) is 92.9 Å². The smallest absolute Gasteiger partial charge is 0.411 e. The maximum absolute atomic E-state index is 12.0. The number of primary amides is 1. The molecule has 104 valence electrons. The molecule has 6 nitrogen and oxygen atoms in total. The Labute approximate surface area is 107 Å². The second-order valence-corrected chi connectivity index (χ2v) is 6.06. The standard InChI is InChI=1S/C12H22N2O4/c1-11(2,3)18-10(16)14-7-12(4,17)6-5-8(14)9(13)15/h8,17H,5-7H2,1-4H3,(H2,13,15)/t8-,12-/m1/s1. The maximum Gasteiger partial charge on any atom is 0.411 e. The van der Waals surface area contributed by atoms with Crippen LogP contribution in [0.3, 0.4) is 0 Å². The molecule has 0 aromatic heterocycles. The molecule has 1 aliphatic rings. The molecule has 0 spiro atoms.